The van der Waals surface area contributed by atoms with Crippen molar-refractivity contribution < 1.29 is 8.42 Å². The Labute approximate surface area is 121 Å². The van der Waals surface area contributed by atoms with E-state index in [0.717, 1.165) is 12.0 Å². The van der Waals surface area contributed by atoms with Gasteiger partial charge < -0.3 is 0 Å². The first-order chi connectivity index (χ1) is 9.01. The highest BCUT2D eigenvalue weighted by Gasteiger charge is 2.25. The van der Waals surface area contributed by atoms with E-state index in [0.29, 0.717) is 18.8 Å². The summed E-state index contributed by atoms with van der Waals surface area (Å²) in [6.45, 7) is 4.38. The predicted octanol–water partition coefficient (Wildman–Crippen LogP) is 3.25. The van der Waals surface area contributed by atoms with Crippen molar-refractivity contribution in [2.45, 2.75) is 39.3 Å². The molecule has 1 aromatic carbocycles. The van der Waals surface area contributed by atoms with Gasteiger partial charge in [0.25, 0.3) is 0 Å². The number of benzene rings is 1. The molecule has 1 unspecified atom stereocenters. The van der Waals surface area contributed by atoms with Gasteiger partial charge in [0.2, 0.25) is 10.0 Å². The molecule has 0 radical (unpaired) electrons. The zero-order valence-corrected chi connectivity index (χ0v) is 13.1. The summed E-state index contributed by atoms with van der Waals surface area (Å²) in [5.41, 5.74) is 1.01. The van der Waals surface area contributed by atoms with Gasteiger partial charge in [-0.15, -0.1) is 11.6 Å². The van der Waals surface area contributed by atoms with Gasteiger partial charge in [-0.3, -0.25) is 0 Å². The van der Waals surface area contributed by atoms with E-state index in [1.54, 1.807) is 4.31 Å². The van der Waals surface area contributed by atoms with Gasteiger partial charge in [0.15, 0.2) is 0 Å². The minimum Gasteiger partial charge on any atom is -0.212 e. The Bertz CT molecular complexity index is 462. The minimum atomic E-state index is -3.25. The van der Waals surface area contributed by atoms with Crippen molar-refractivity contribution in [2.75, 3.05) is 11.6 Å². The number of halogens is 1. The second-order valence-corrected chi connectivity index (χ2v) is 7.07. The second-order valence-electron chi connectivity index (χ2n) is 4.65. The van der Waals surface area contributed by atoms with E-state index in [2.05, 4.69) is 0 Å². The van der Waals surface area contributed by atoms with Crippen LogP contribution in [0, 0.1) is 0 Å². The van der Waals surface area contributed by atoms with E-state index < -0.39 is 10.0 Å². The van der Waals surface area contributed by atoms with E-state index in [1.165, 1.54) is 0 Å². The third-order valence-corrected chi connectivity index (χ3v) is 5.43. The maximum absolute atomic E-state index is 12.4. The number of alkyl halides is 1. The molecule has 0 aliphatic rings. The van der Waals surface area contributed by atoms with E-state index in [9.17, 15) is 8.42 Å². The molecular weight excluding hydrogens is 282 g/mol. The lowest BCUT2D eigenvalue weighted by atomic mass is 10.2. The van der Waals surface area contributed by atoms with E-state index in [1.807, 2.05) is 44.2 Å². The summed E-state index contributed by atoms with van der Waals surface area (Å²) in [6, 6.07) is 9.68. The Hall–Kier alpha value is -0.580. The molecule has 0 fully saturated rings. The van der Waals surface area contributed by atoms with Crippen LogP contribution in [-0.2, 0) is 16.6 Å². The number of rotatable bonds is 8. The molecule has 0 bridgehead atoms. The van der Waals surface area contributed by atoms with Gasteiger partial charge in [0.05, 0.1) is 5.75 Å². The van der Waals surface area contributed by atoms with Crippen molar-refractivity contribution in [3.63, 3.8) is 0 Å². The molecule has 1 atom stereocenters. The van der Waals surface area contributed by atoms with Crippen molar-refractivity contribution >= 4 is 21.6 Å². The van der Waals surface area contributed by atoms with Crippen molar-refractivity contribution in [3.05, 3.63) is 35.9 Å². The lowest BCUT2D eigenvalue weighted by Crippen LogP contribution is -2.39. The smallest absolute Gasteiger partial charge is 0.212 e. The molecule has 0 aliphatic heterocycles. The van der Waals surface area contributed by atoms with Gasteiger partial charge in [-0.05, 0) is 25.3 Å². The van der Waals surface area contributed by atoms with E-state index >= 15 is 0 Å². The van der Waals surface area contributed by atoms with Crippen LogP contribution in [0.25, 0.3) is 0 Å². The fraction of sp³-hybridized carbons (Fsp3) is 0.571. The maximum Gasteiger partial charge on any atom is 0.214 e. The van der Waals surface area contributed by atoms with Gasteiger partial charge in [-0.1, -0.05) is 37.3 Å². The molecule has 0 saturated carbocycles. The highest BCUT2D eigenvalue weighted by Crippen LogP contribution is 2.16. The van der Waals surface area contributed by atoms with Crippen LogP contribution in [0.2, 0.25) is 0 Å². The summed E-state index contributed by atoms with van der Waals surface area (Å²) in [4.78, 5) is 0. The average molecular weight is 304 g/mol. The SMILES string of the molecule is CCC(C)N(Cc1ccccc1)S(=O)(=O)CCCCl. The molecule has 0 aromatic heterocycles. The molecule has 108 valence electrons. The molecule has 0 heterocycles. The standard InChI is InChI=1S/C14H22ClNO2S/c1-3-13(2)16(19(17,18)11-7-10-15)12-14-8-5-4-6-9-14/h4-6,8-9,13H,3,7,10-12H2,1-2H3. The first-order valence-electron chi connectivity index (χ1n) is 6.60. The fourth-order valence-corrected chi connectivity index (χ4v) is 3.93. The van der Waals surface area contributed by atoms with Crippen molar-refractivity contribution in [1.29, 1.82) is 0 Å². The molecule has 1 aromatic rings. The van der Waals surface area contributed by atoms with Crippen molar-refractivity contribution in [1.82, 2.24) is 4.31 Å². The molecule has 19 heavy (non-hydrogen) atoms. The first kappa shape index (κ1) is 16.5. The van der Waals surface area contributed by atoms with Crippen molar-refractivity contribution in [3.8, 4) is 0 Å². The molecule has 0 N–H and O–H groups in total. The van der Waals surface area contributed by atoms with Crippen LogP contribution in [0.5, 0.6) is 0 Å². The third-order valence-electron chi connectivity index (χ3n) is 3.16. The summed E-state index contributed by atoms with van der Waals surface area (Å²) >= 11 is 5.60. The Kier molecular flexibility index (Phi) is 6.83. The van der Waals surface area contributed by atoms with Gasteiger partial charge in [0, 0.05) is 18.5 Å². The Balaban J connectivity index is 2.89. The van der Waals surface area contributed by atoms with Crippen LogP contribution in [0.1, 0.15) is 32.3 Å². The molecular formula is C14H22ClNO2S. The third kappa shape index (κ3) is 5.13. The van der Waals surface area contributed by atoms with Crippen LogP contribution < -0.4 is 0 Å². The average Bonchev–Trinajstić information content (AvgIpc) is 2.42. The summed E-state index contributed by atoms with van der Waals surface area (Å²) in [6.07, 6.45) is 1.29. The molecule has 0 spiro atoms. The van der Waals surface area contributed by atoms with Crippen LogP contribution in [0.3, 0.4) is 0 Å². The van der Waals surface area contributed by atoms with Gasteiger partial charge in [0.1, 0.15) is 0 Å². The summed E-state index contributed by atoms with van der Waals surface area (Å²) in [5.74, 6) is 0.493. The van der Waals surface area contributed by atoms with Crippen LogP contribution in [0.15, 0.2) is 30.3 Å². The largest absolute Gasteiger partial charge is 0.214 e. The number of hydrogen-bond acceptors (Lipinski definition) is 2. The monoisotopic (exact) mass is 303 g/mol. The molecule has 0 saturated heterocycles. The molecule has 0 aliphatic carbocycles. The highest BCUT2D eigenvalue weighted by atomic mass is 35.5. The van der Waals surface area contributed by atoms with Gasteiger partial charge in [-0.25, -0.2) is 8.42 Å². The molecule has 5 heteroatoms. The topological polar surface area (TPSA) is 37.4 Å². The Morgan fingerprint density at radius 2 is 1.89 bits per heavy atom. The lowest BCUT2D eigenvalue weighted by molar-refractivity contribution is 0.323. The second kappa shape index (κ2) is 7.88. The van der Waals surface area contributed by atoms with Gasteiger partial charge >= 0.3 is 0 Å². The summed E-state index contributed by atoms with van der Waals surface area (Å²) in [5, 5.41) is 0. The van der Waals surface area contributed by atoms with Crippen molar-refractivity contribution in [2.24, 2.45) is 0 Å². The zero-order valence-electron chi connectivity index (χ0n) is 11.5. The quantitative estimate of drug-likeness (QED) is 0.691. The molecule has 1 rings (SSSR count). The number of hydrogen-bond donors (Lipinski definition) is 0. The number of nitrogens with zero attached hydrogens (tertiary/aromatic N) is 1. The Morgan fingerprint density at radius 3 is 2.42 bits per heavy atom. The predicted molar refractivity (Wildman–Crippen MR) is 80.9 cm³/mol. The molecule has 3 nitrogen and oxygen atoms in total. The van der Waals surface area contributed by atoms with Crippen LogP contribution >= 0.6 is 11.6 Å². The molecule has 0 amide bonds. The van der Waals surface area contributed by atoms with Gasteiger partial charge in [-0.2, -0.15) is 4.31 Å². The summed E-state index contributed by atoms with van der Waals surface area (Å²) in [7, 11) is -3.25. The minimum absolute atomic E-state index is 0.000492. The lowest BCUT2D eigenvalue weighted by Gasteiger charge is -2.27. The number of sulfonamides is 1. The maximum atomic E-state index is 12.4. The fourth-order valence-electron chi connectivity index (χ4n) is 1.85. The van der Waals surface area contributed by atoms with Crippen LogP contribution in [0.4, 0.5) is 0 Å². The highest BCUT2D eigenvalue weighted by molar-refractivity contribution is 7.89. The Morgan fingerprint density at radius 1 is 1.26 bits per heavy atom. The summed E-state index contributed by atoms with van der Waals surface area (Å²) < 4.78 is 26.3. The normalized spacial score (nSPS) is 13.7. The van der Waals surface area contributed by atoms with Crippen LogP contribution in [-0.4, -0.2) is 30.4 Å². The zero-order chi connectivity index (χ0) is 14.3. The van der Waals surface area contributed by atoms with E-state index in [-0.39, 0.29) is 11.8 Å². The van der Waals surface area contributed by atoms with E-state index in [4.69, 9.17) is 11.6 Å². The first-order valence-corrected chi connectivity index (χ1v) is 8.75.